The van der Waals surface area contributed by atoms with Crippen LogP contribution in [-0.4, -0.2) is 18.0 Å². The minimum Gasteiger partial charge on any atom is -0.480 e. The van der Waals surface area contributed by atoms with Crippen LogP contribution in [0.15, 0.2) is 30.5 Å². The van der Waals surface area contributed by atoms with Crippen LogP contribution in [0.3, 0.4) is 0 Å². The number of aromatic nitrogens is 1. The molecule has 0 atom stereocenters. The summed E-state index contributed by atoms with van der Waals surface area (Å²) in [5.41, 5.74) is 0.575. The molecule has 0 aromatic carbocycles. The highest BCUT2D eigenvalue weighted by atomic mass is 32.1. The first kappa shape index (κ1) is 11.6. The van der Waals surface area contributed by atoms with Gasteiger partial charge in [-0.1, -0.05) is 0 Å². The molecule has 2 heterocycles. The minimum atomic E-state index is -0.144. The van der Waals surface area contributed by atoms with E-state index in [1.807, 2.05) is 13.0 Å². The van der Waals surface area contributed by atoms with Crippen molar-refractivity contribution in [1.29, 1.82) is 0 Å². The standard InChI is InChI=1S/C12H12N2O2S/c1-8-5-6-10(17-8)11(15)14-9-4-3-7-13-12(9)16-2/h3-7H,1-2H3,(H,14,15). The Labute approximate surface area is 103 Å². The van der Waals surface area contributed by atoms with Gasteiger partial charge in [0.1, 0.15) is 5.69 Å². The third kappa shape index (κ3) is 2.62. The summed E-state index contributed by atoms with van der Waals surface area (Å²) in [6.45, 7) is 1.96. The van der Waals surface area contributed by atoms with Crippen molar-refractivity contribution in [3.8, 4) is 5.88 Å². The fourth-order valence-electron chi connectivity index (χ4n) is 1.39. The number of nitrogens with one attached hydrogen (secondary N) is 1. The summed E-state index contributed by atoms with van der Waals surface area (Å²) in [6, 6.07) is 7.22. The van der Waals surface area contributed by atoms with Crippen LogP contribution in [0.1, 0.15) is 14.5 Å². The molecule has 2 aromatic heterocycles. The Morgan fingerprint density at radius 3 is 2.88 bits per heavy atom. The van der Waals surface area contributed by atoms with Gasteiger partial charge in [0.05, 0.1) is 12.0 Å². The normalized spacial score (nSPS) is 10.0. The third-order valence-corrected chi connectivity index (χ3v) is 3.18. The van der Waals surface area contributed by atoms with E-state index < -0.39 is 0 Å². The lowest BCUT2D eigenvalue weighted by molar-refractivity contribution is 0.103. The molecule has 4 nitrogen and oxygen atoms in total. The van der Waals surface area contributed by atoms with Crippen molar-refractivity contribution in [1.82, 2.24) is 4.98 Å². The Hall–Kier alpha value is -1.88. The Bertz CT molecular complexity index is 537. The van der Waals surface area contributed by atoms with E-state index in [1.54, 1.807) is 24.4 Å². The third-order valence-electron chi connectivity index (χ3n) is 2.18. The van der Waals surface area contributed by atoms with Crippen LogP contribution in [0.2, 0.25) is 0 Å². The molecule has 1 N–H and O–H groups in total. The van der Waals surface area contributed by atoms with E-state index in [-0.39, 0.29) is 5.91 Å². The van der Waals surface area contributed by atoms with Crippen molar-refractivity contribution >= 4 is 22.9 Å². The molecule has 1 amide bonds. The van der Waals surface area contributed by atoms with Crippen molar-refractivity contribution in [2.75, 3.05) is 12.4 Å². The quantitative estimate of drug-likeness (QED) is 0.908. The SMILES string of the molecule is COc1ncccc1NC(=O)c1ccc(C)s1. The summed E-state index contributed by atoms with van der Waals surface area (Å²) in [7, 11) is 1.52. The molecule has 2 aromatic rings. The summed E-state index contributed by atoms with van der Waals surface area (Å²) < 4.78 is 5.06. The number of hydrogen-bond donors (Lipinski definition) is 1. The minimum absolute atomic E-state index is 0.144. The van der Waals surface area contributed by atoms with Gasteiger partial charge in [0, 0.05) is 11.1 Å². The smallest absolute Gasteiger partial charge is 0.265 e. The average molecular weight is 248 g/mol. The maximum absolute atomic E-state index is 11.9. The number of nitrogens with zero attached hydrogens (tertiary/aromatic N) is 1. The molecule has 0 aliphatic rings. The summed E-state index contributed by atoms with van der Waals surface area (Å²) in [5, 5.41) is 2.78. The maximum Gasteiger partial charge on any atom is 0.265 e. The Kier molecular flexibility index (Phi) is 3.39. The first-order chi connectivity index (χ1) is 8.20. The zero-order valence-electron chi connectivity index (χ0n) is 9.56. The number of carbonyl (C=O) groups is 1. The zero-order chi connectivity index (χ0) is 12.3. The second-order valence-electron chi connectivity index (χ2n) is 3.42. The van der Waals surface area contributed by atoms with E-state index in [4.69, 9.17) is 4.74 Å². The lowest BCUT2D eigenvalue weighted by Gasteiger charge is -2.07. The van der Waals surface area contributed by atoms with E-state index in [0.717, 1.165) is 4.88 Å². The second kappa shape index (κ2) is 4.97. The van der Waals surface area contributed by atoms with Crippen LogP contribution >= 0.6 is 11.3 Å². The molecule has 88 valence electrons. The van der Waals surface area contributed by atoms with Crippen LogP contribution in [0.4, 0.5) is 5.69 Å². The van der Waals surface area contributed by atoms with Gasteiger partial charge in [-0.2, -0.15) is 0 Å². The molecule has 0 bridgehead atoms. The van der Waals surface area contributed by atoms with Crippen LogP contribution in [-0.2, 0) is 0 Å². The molecule has 0 spiro atoms. The number of rotatable bonds is 3. The first-order valence-electron chi connectivity index (χ1n) is 5.07. The molecule has 0 aliphatic carbocycles. The van der Waals surface area contributed by atoms with E-state index in [1.165, 1.54) is 18.4 Å². The predicted molar refractivity (Wildman–Crippen MR) is 67.8 cm³/mol. The number of hydrogen-bond acceptors (Lipinski definition) is 4. The van der Waals surface area contributed by atoms with Gasteiger partial charge in [0.25, 0.3) is 5.91 Å². The topological polar surface area (TPSA) is 51.2 Å². The van der Waals surface area contributed by atoms with E-state index in [2.05, 4.69) is 10.3 Å². The number of pyridine rings is 1. The van der Waals surface area contributed by atoms with Gasteiger partial charge in [0.2, 0.25) is 5.88 Å². The molecular formula is C12H12N2O2S. The van der Waals surface area contributed by atoms with Crippen LogP contribution in [0, 0.1) is 6.92 Å². The Balaban J connectivity index is 2.18. The lowest BCUT2D eigenvalue weighted by atomic mass is 10.3. The molecular weight excluding hydrogens is 236 g/mol. The van der Waals surface area contributed by atoms with E-state index >= 15 is 0 Å². The van der Waals surface area contributed by atoms with E-state index in [9.17, 15) is 4.79 Å². The molecule has 0 radical (unpaired) electrons. The van der Waals surface area contributed by atoms with Gasteiger partial charge in [-0.25, -0.2) is 4.98 Å². The van der Waals surface area contributed by atoms with Crippen LogP contribution in [0.5, 0.6) is 5.88 Å². The largest absolute Gasteiger partial charge is 0.480 e. The number of anilines is 1. The van der Waals surface area contributed by atoms with Gasteiger partial charge in [-0.15, -0.1) is 11.3 Å². The molecule has 0 fully saturated rings. The monoisotopic (exact) mass is 248 g/mol. The van der Waals surface area contributed by atoms with Crippen LogP contribution in [0.25, 0.3) is 0 Å². The van der Waals surface area contributed by atoms with Crippen molar-refractivity contribution < 1.29 is 9.53 Å². The van der Waals surface area contributed by atoms with Gasteiger partial charge < -0.3 is 10.1 Å². The van der Waals surface area contributed by atoms with Crippen molar-refractivity contribution in [2.45, 2.75) is 6.92 Å². The Morgan fingerprint density at radius 2 is 2.24 bits per heavy atom. The number of ether oxygens (including phenoxy) is 1. The van der Waals surface area contributed by atoms with Gasteiger partial charge in [-0.05, 0) is 31.2 Å². The molecule has 0 aliphatic heterocycles. The molecule has 2 rings (SSSR count). The molecule has 17 heavy (non-hydrogen) atoms. The number of carbonyl (C=O) groups excluding carboxylic acids is 1. The second-order valence-corrected chi connectivity index (χ2v) is 4.71. The number of amides is 1. The van der Waals surface area contributed by atoms with Crippen molar-refractivity contribution in [3.05, 3.63) is 40.2 Å². The summed E-state index contributed by atoms with van der Waals surface area (Å²) in [4.78, 5) is 17.7. The van der Waals surface area contributed by atoms with Gasteiger partial charge in [-0.3, -0.25) is 4.79 Å². The van der Waals surface area contributed by atoms with Crippen molar-refractivity contribution in [2.24, 2.45) is 0 Å². The molecule has 0 unspecified atom stereocenters. The van der Waals surface area contributed by atoms with Gasteiger partial charge >= 0.3 is 0 Å². The Morgan fingerprint density at radius 1 is 1.41 bits per heavy atom. The van der Waals surface area contributed by atoms with Crippen molar-refractivity contribution in [3.63, 3.8) is 0 Å². The number of methoxy groups -OCH3 is 1. The summed E-state index contributed by atoms with van der Waals surface area (Å²) in [5.74, 6) is 0.267. The van der Waals surface area contributed by atoms with E-state index in [0.29, 0.717) is 16.4 Å². The predicted octanol–water partition coefficient (Wildman–Crippen LogP) is 2.71. The van der Waals surface area contributed by atoms with Gasteiger partial charge in [0.15, 0.2) is 0 Å². The lowest BCUT2D eigenvalue weighted by Crippen LogP contribution is -2.11. The summed E-state index contributed by atoms with van der Waals surface area (Å²) >= 11 is 1.46. The summed E-state index contributed by atoms with van der Waals surface area (Å²) in [6.07, 6.45) is 1.61. The number of aryl methyl sites for hydroxylation is 1. The maximum atomic E-state index is 11.9. The molecule has 0 saturated carbocycles. The first-order valence-corrected chi connectivity index (χ1v) is 5.89. The zero-order valence-corrected chi connectivity index (χ0v) is 10.4. The number of thiophene rings is 1. The average Bonchev–Trinajstić information content (AvgIpc) is 2.77. The highest BCUT2D eigenvalue weighted by molar-refractivity contribution is 7.14. The van der Waals surface area contributed by atoms with Crippen LogP contribution < -0.4 is 10.1 Å². The fourth-order valence-corrected chi connectivity index (χ4v) is 2.15. The molecule has 0 saturated heterocycles. The highest BCUT2D eigenvalue weighted by Crippen LogP contribution is 2.22. The highest BCUT2D eigenvalue weighted by Gasteiger charge is 2.11. The molecule has 5 heteroatoms. The fraction of sp³-hybridized carbons (Fsp3) is 0.167.